The first-order valence-electron chi connectivity index (χ1n) is 24.1. The number of phenols is 2. The van der Waals surface area contributed by atoms with Gasteiger partial charge < -0.3 is 49.3 Å². The van der Waals surface area contributed by atoms with Crippen LogP contribution in [0.4, 0.5) is 0 Å². The van der Waals surface area contributed by atoms with Gasteiger partial charge in [0.25, 0.3) is 0 Å². The van der Waals surface area contributed by atoms with E-state index in [4.69, 9.17) is 32.9 Å². The molecule has 6 aliphatic rings. The molecule has 0 spiro atoms. The van der Waals surface area contributed by atoms with Gasteiger partial charge in [-0.15, -0.1) is 0 Å². The fourth-order valence-electron chi connectivity index (χ4n) is 9.36. The number of carbonyl (C=O) groups is 2. The van der Waals surface area contributed by atoms with E-state index in [9.17, 15) is 19.8 Å². The van der Waals surface area contributed by atoms with Crippen molar-refractivity contribution < 1.29 is 80.5 Å². The second kappa shape index (κ2) is 25.7. The van der Waals surface area contributed by atoms with E-state index in [-0.39, 0.29) is 99.5 Å². The molecular formula is C56H58N2O12U. The Labute approximate surface area is 428 Å². The zero-order valence-corrected chi connectivity index (χ0v) is 43.7. The summed E-state index contributed by atoms with van der Waals surface area (Å²) in [6.45, 7) is 1.81. The van der Waals surface area contributed by atoms with Crippen LogP contribution in [0.2, 0.25) is 0 Å². The SMILES string of the molecule is O=C1C2=CC=C/C1=C\NC1CCCCC1N/C=C1\C=CC=C(OCCOCCOc3c4cccc3Cc3cccc(c3O)Cc3cccc(c3OCCOCCO2)Cc2cccc(c2O)C4)C1=O.[O]=[U]=[O]. The standard InChI is InChI=1S/C56H58N2O10.2O.U/c59-51-37-9-3-11-39(51)33-43-15-6-16-44-34-40-12-4-10-38(52(40)60)32-42-14-5-13-41(31-37)55(42)67-29-25-63-23-27-65-49-21-7-17-45(53(49)61)35-57-47-19-1-2-20-48(47)58-36-46-18-8-22-50(54(46)62)66-28-24-64-26-30-68-56(43)44;;;/h3-18,21-22,35-36,47-48,57-60H,1-2,19-20,23-34H2;;;/b45-35+,46-36+;;;. The minimum atomic E-state index is -2.51. The molecule has 71 heavy (non-hydrogen) atoms. The second-order valence-electron chi connectivity index (χ2n) is 17.5. The van der Waals surface area contributed by atoms with Gasteiger partial charge in [-0.05, 0) is 81.7 Å². The summed E-state index contributed by atoms with van der Waals surface area (Å²) in [4.78, 5) is 27.0. The maximum absolute atomic E-state index is 13.5. The van der Waals surface area contributed by atoms with Crippen molar-refractivity contribution >= 4 is 11.6 Å². The molecule has 0 radical (unpaired) electrons. The second-order valence-corrected chi connectivity index (χ2v) is 18.2. The maximum atomic E-state index is 13.5. The van der Waals surface area contributed by atoms with Gasteiger partial charge in [0.1, 0.15) is 49.4 Å². The Morgan fingerprint density at radius 3 is 1.14 bits per heavy atom. The van der Waals surface area contributed by atoms with E-state index < -0.39 is 27.8 Å². The van der Waals surface area contributed by atoms with E-state index in [1.807, 2.05) is 72.8 Å². The predicted octanol–water partition coefficient (Wildman–Crippen LogP) is 7.68. The molecule has 15 heteroatoms. The number of rotatable bonds is 0. The average molecular weight is 1190 g/mol. The van der Waals surface area contributed by atoms with Gasteiger partial charge in [-0.1, -0.05) is 97.8 Å². The third-order valence-electron chi connectivity index (χ3n) is 12.9. The van der Waals surface area contributed by atoms with Gasteiger partial charge in [0.05, 0.1) is 26.4 Å². The number of fused-ring (bicyclic) bond motifs is 14. The number of allylic oxidation sites excluding steroid dienone is 8. The summed E-state index contributed by atoms with van der Waals surface area (Å²) < 4.78 is 54.0. The number of nitrogens with one attached hydrogen (secondary N) is 2. The summed E-state index contributed by atoms with van der Waals surface area (Å²) in [5.74, 6) is 1.79. The number of benzene rings is 4. The molecule has 0 amide bonds. The summed E-state index contributed by atoms with van der Waals surface area (Å²) in [5.41, 5.74) is 7.50. The van der Waals surface area contributed by atoms with Gasteiger partial charge in [0.2, 0.25) is 11.6 Å². The van der Waals surface area contributed by atoms with Crippen LogP contribution in [0.1, 0.15) is 70.2 Å². The van der Waals surface area contributed by atoms with E-state index >= 15 is 0 Å². The van der Waals surface area contributed by atoms with Crippen LogP contribution in [-0.2, 0) is 58.7 Å². The first-order chi connectivity index (χ1) is 34.8. The van der Waals surface area contributed by atoms with Crippen LogP contribution < -0.4 is 20.1 Å². The van der Waals surface area contributed by atoms with E-state index in [2.05, 4.69) is 10.6 Å². The Morgan fingerprint density at radius 1 is 0.465 bits per heavy atom. The van der Waals surface area contributed by atoms with Crippen LogP contribution in [0.15, 0.2) is 144 Å². The fraction of sp³-hybridized carbons (Fsp3) is 0.321. The van der Waals surface area contributed by atoms with Crippen molar-refractivity contribution in [2.45, 2.75) is 63.5 Å². The van der Waals surface area contributed by atoms with Gasteiger partial charge in [-0.25, -0.2) is 0 Å². The third-order valence-corrected chi connectivity index (χ3v) is 12.9. The molecule has 368 valence electrons. The molecule has 14 nitrogen and oxygen atoms in total. The van der Waals surface area contributed by atoms with Gasteiger partial charge in [0, 0.05) is 61.3 Å². The zero-order valence-electron chi connectivity index (χ0n) is 39.5. The predicted molar refractivity (Wildman–Crippen MR) is 259 cm³/mol. The summed E-state index contributed by atoms with van der Waals surface area (Å²) in [7, 11) is 0. The van der Waals surface area contributed by atoms with Crippen LogP contribution in [0.3, 0.4) is 0 Å². The van der Waals surface area contributed by atoms with Gasteiger partial charge >= 0.3 is 32.3 Å². The quantitative estimate of drug-likeness (QED) is 0.111. The van der Waals surface area contributed by atoms with Crippen LogP contribution >= 0.6 is 0 Å². The van der Waals surface area contributed by atoms with E-state index in [0.717, 1.165) is 70.2 Å². The number of ether oxygens (including phenoxy) is 6. The van der Waals surface area contributed by atoms with E-state index in [1.54, 1.807) is 48.9 Å². The number of phenolic OH excluding ortho intramolecular Hbond substituents is 2. The molecule has 0 aromatic heterocycles. The molecule has 1 fully saturated rings. The summed E-state index contributed by atoms with van der Waals surface area (Å²) in [6.07, 6.45) is 19.5. The Hall–Kier alpha value is -6.37. The molecule has 14 bridgehead atoms. The molecule has 2 aliphatic heterocycles. The molecule has 4 aromatic carbocycles. The Kier molecular flexibility index (Phi) is 18.4. The molecule has 1 saturated carbocycles. The van der Waals surface area contributed by atoms with Crippen molar-refractivity contribution in [3.05, 3.63) is 189 Å². The molecule has 4 aliphatic carbocycles. The molecule has 2 unspecified atom stereocenters. The first kappa shape index (κ1) is 51.0. The van der Waals surface area contributed by atoms with Crippen molar-refractivity contribution in [2.24, 2.45) is 0 Å². The van der Waals surface area contributed by atoms with Crippen molar-refractivity contribution in [1.82, 2.24) is 10.6 Å². The molecule has 2 atom stereocenters. The number of Topliss-reactive ketones (excluding diaryl/α,β-unsaturated/α-hetero) is 2. The third kappa shape index (κ3) is 13.3. The molecule has 4 aromatic rings. The van der Waals surface area contributed by atoms with Crippen LogP contribution in [-0.4, -0.2) is 86.7 Å². The average Bonchev–Trinajstić information content (AvgIpc) is 3.37. The molecule has 10 rings (SSSR count). The topological polar surface area (TPSA) is 188 Å². The van der Waals surface area contributed by atoms with Crippen molar-refractivity contribution in [1.29, 1.82) is 0 Å². The number of ketones is 2. The Bertz CT molecular complexity index is 2540. The zero-order chi connectivity index (χ0) is 49.4. The number of carbonyl (C=O) groups excluding carboxylic acids is 2. The monoisotopic (exact) mass is 1190 g/mol. The van der Waals surface area contributed by atoms with Crippen molar-refractivity contribution in [3.8, 4) is 23.0 Å². The van der Waals surface area contributed by atoms with Crippen LogP contribution in [0, 0.1) is 27.8 Å². The fourth-order valence-corrected chi connectivity index (χ4v) is 9.36. The Balaban J connectivity index is 0.00000220. The van der Waals surface area contributed by atoms with Crippen molar-refractivity contribution in [3.63, 3.8) is 0 Å². The van der Waals surface area contributed by atoms with Crippen LogP contribution in [0.25, 0.3) is 0 Å². The molecule has 4 N–H and O–H groups in total. The number of aromatic hydroxyl groups is 2. The Morgan fingerprint density at radius 2 is 0.789 bits per heavy atom. The molecular weight excluding hydrogens is 1130 g/mol. The van der Waals surface area contributed by atoms with E-state index in [1.165, 1.54) is 0 Å². The van der Waals surface area contributed by atoms with Crippen molar-refractivity contribution in [2.75, 3.05) is 52.9 Å². The van der Waals surface area contributed by atoms with Gasteiger partial charge in [0.15, 0.2) is 11.5 Å². The number of hydrogen-bond donors (Lipinski definition) is 4. The van der Waals surface area contributed by atoms with Gasteiger partial charge in [-0.2, -0.15) is 0 Å². The number of para-hydroxylation sites is 4. The minimum absolute atomic E-state index is 0.0362. The van der Waals surface area contributed by atoms with E-state index in [0.29, 0.717) is 48.3 Å². The van der Waals surface area contributed by atoms with Crippen LogP contribution in [0.5, 0.6) is 23.0 Å². The van der Waals surface area contributed by atoms with Gasteiger partial charge in [-0.3, -0.25) is 9.59 Å². The normalized spacial score (nSPS) is 21.4. The summed E-state index contributed by atoms with van der Waals surface area (Å²) in [5, 5.41) is 30.6. The number of hydrogen-bond acceptors (Lipinski definition) is 14. The molecule has 2 heterocycles. The summed E-state index contributed by atoms with van der Waals surface area (Å²) >= 11 is -2.51. The summed E-state index contributed by atoms with van der Waals surface area (Å²) in [6, 6.07) is 23.7. The molecule has 0 saturated heterocycles. The first-order valence-corrected chi connectivity index (χ1v) is 27.5.